The third-order valence-corrected chi connectivity index (χ3v) is 9.27. The Morgan fingerprint density at radius 1 is 1.03 bits per heavy atom. The van der Waals surface area contributed by atoms with Gasteiger partial charge in [0, 0.05) is 37.3 Å². The molecule has 2 atom stereocenters. The van der Waals surface area contributed by atoms with Crippen molar-refractivity contribution in [2.24, 2.45) is 11.8 Å². The van der Waals surface area contributed by atoms with Crippen LogP contribution in [0.4, 0.5) is 5.69 Å². The van der Waals surface area contributed by atoms with Crippen LogP contribution in [0.2, 0.25) is 0 Å². The fourth-order valence-electron chi connectivity index (χ4n) is 5.19. The molecule has 2 heterocycles. The number of nitrogens with zero attached hydrogens (tertiary/aromatic N) is 2. The van der Waals surface area contributed by atoms with Crippen molar-refractivity contribution in [3.05, 3.63) is 59.2 Å². The highest BCUT2D eigenvalue weighted by molar-refractivity contribution is 7.89. The Bertz CT molecular complexity index is 1240. The van der Waals surface area contributed by atoms with Crippen LogP contribution in [0.1, 0.15) is 49.3 Å². The number of sulfonamides is 1. The molecule has 186 valence electrons. The van der Waals surface area contributed by atoms with Gasteiger partial charge in [0.05, 0.1) is 10.8 Å². The van der Waals surface area contributed by atoms with E-state index in [1.807, 2.05) is 43.0 Å². The second kappa shape index (κ2) is 9.39. The molecular weight excluding hydrogens is 462 g/mol. The zero-order valence-corrected chi connectivity index (χ0v) is 21.2. The number of benzene rings is 2. The van der Waals surface area contributed by atoms with E-state index in [-0.39, 0.29) is 41.1 Å². The van der Waals surface area contributed by atoms with Gasteiger partial charge >= 0.3 is 0 Å². The summed E-state index contributed by atoms with van der Waals surface area (Å²) in [4.78, 5) is 27.6. The third kappa shape index (κ3) is 4.86. The van der Waals surface area contributed by atoms with E-state index in [4.69, 9.17) is 0 Å². The number of hydrogen-bond donors (Lipinski definition) is 1. The maximum atomic E-state index is 13.5. The van der Waals surface area contributed by atoms with E-state index in [0.29, 0.717) is 32.4 Å². The normalized spacial score (nSPS) is 22.6. The predicted octanol–water partition coefficient (Wildman–Crippen LogP) is 3.40. The second-order valence-corrected chi connectivity index (χ2v) is 12.2. The lowest BCUT2D eigenvalue weighted by atomic mass is 9.98. The molecule has 0 unspecified atom stereocenters. The Kier molecular flexibility index (Phi) is 6.44. The molecule has 2 aliphatic heterocycles. The average Bonchev–Trinajstić information content (AvgIpc) is 3.65. The summed E-state index contributed by atoms with van der Waals surface area (Å²) >= 11 is 0. The summed E-state index contributed by atoms with van der Waals surface area (Å²) in [6.45, 7) is 5.05. The van der Waals surface area contributed by atoms with Crippen molar-refractivity contribution in [1.29, 1.82) is 0 Å². The summed E-state index contributed by atoms with van der Waals surface area (Å²) in [5.74, 6) is -0.204. The van der Waals surface area contributed by atoms with Gasteiger partial charge in [-0.1, -0.05) is 29.8 Å². The molecule has 0 radical (unpaired) electrons. The third-order valence-electron chi connectivity index (χ3n) is 7.41. The number of hydrogen-bond acceptors (Lipinski definition) is 4. The van der Waals surface area contributed by atoms with Gasteiger partial charge < -0.3 is 10.2 Å². The highest BCUT2D eigenvalue weighted by atomic mass is 32.2. The summed E-state index contributed by atoms with van der Waals surface area (Å²) in [6, 6.07) is 13.1. The van der Waals surface area contributed by atoms with Crippen LogP contribution in [-0.4, -0.2) is 43.7 Å². The molecule has 8 heteroatoms. The summed E-state index contributed by atoms with van der Waals surface area (Å²) in [7, 11) is -3.73. The fourth-order valence-corrected chi connectivity index (χ4v) is 6.77. The number of rotatable bonds is 6. The van der Waals surface area contributed by atoms with Crippen molar-refractivity contribution < 1.29 is 18.0 Å². The van der Waals surface area contributed by atoms with E-state index in [0.717, 1.165) is 35.2 Å². The second-order valence-electron chi connectivity index (χ2n) is 10.2. The van der Waals surface area contributed by atoms with Crippen LogP contribution in [0.15, 0.2) is 47.4 Å². The van der Waals surface area contributed by atoms with E-state index < -0.39 is 10.0 Å². The largest absolute Gasteiger partial charge is 0.352 e. The minimum Gasteiger partial charge on any atom is -0.352 e. The summed E-state index contributed by atoms with van der Waals surface area (Å²) in [6.07, 6.45) is 3.86. The smallest absolute Gasteiger partial charge is 0.243 e. The van der Waals surface area contributed by atoms with Gasteiger partial charge in [-0.25, -0.2) is 8.42 Å². The Hall–Kier alpha value is -2.71. The highest BCUT2D eigenvalue weighted by Crippen LogP contribution is 2.40. The Labute approximate surface area is 207 Å². The molecule has 1 aliphatic carbocycles. The zero-order valence-electron chi connectivity index (χ0n) is 20.4. The molecular formula is C27H33N3O4S. The Morgan fingerprint density at radius 3 is 2.49 bits per heavy atom. The summed E-state index contributed by atoms with van der Waals surface area (Å²) < 4.78 is 28.4. The number of carbonyl (C=O) groups is 2. The van der Waals surface area contributed by atoms with Crippen LogP contribution in [0.5, 0.6) is 0 Å². The molecule has 0 aromatic heterocycles. The molecule has 7 nitrogen and oxygen atoms in total. The zero-order chi connectivity index (χ0) is 24.7. The molecule has 0 bridgehead atoms. The molecule has 2 aromatic rings. The number of aryl methyl sites for hydroxylation is 1. The number of anilines is 1. The molecule has 2 amide bonds. The first-order valence-electron chi connectivity index (χ1n) is 12.5. The SMILES string of the molecule is Cc1ccc(CNC(=O)[C@H]2CCCN(S(=O)(=O)c3ccc4c(c3)C[C@H](C)N4C(=O)C3CC3)C2)cc1. The summed E-state index contributed by atoms with van der Waals surface area (Å²) in [5.41, 5.74) is 3.92. The first-order chi connectivity index (χ1) is 16.7. The first-order valence-corrected chi connectivity index (χ1v) is 14.0. The van der Waals surface area contributed by atoms with Gasteiger partial charge in [-0.15, -0.1) is 0 Å². The number of fused-ring (bicyclic) bond motifs is 1. The van der Waals surface area contributed by atoms with Crippen molar-refractivity contribution in [2.75, 3.05) is 18.0 Å². The molecule has 1 saturated carbocycles. The van der Waals surface area contributed by atoms with E-state index in [2.05, 4.69) is 5.32 Å². The van der Waals surface area contributed by atoms with Crippen molar-refractivity contribution in [2.45, 2.75) is 63.4 Å². The Morgan fingerprint density at radius 2 is 1.77 bits per heavy atom. The molecule has 35 heavy (non-hydrogen) atoms. The van der Waals surface area contributed by atoms with E-state index in [9.17, 15) is 18.0 Å². The summed E-state index contributed by atoms with van der Waals surface area (Å²) in [5, 5.41) is 2.97. The lowest BCUT2D eigenvalue weighted by Gasteiger charge is -2.31. The van der Waals surface area contributed by atoms with Crippen LogP contribution in [-0.2, 0) is 32.6 Å². The van der Waals surface area contributed by atoms with Crippen LogP contribution in [0, 0.1) is 18.8 Å². The van der Waals surface area contributed by atoms with E-state index >= 15 is 0 Å². The molecule has 3 aliphatic rings. The number of carbonyl (C=O) groups excluding carboxylic acids is 2. The van der Waals surface area contributed by atoms with Crippen molar-refractivity contribution in [3.63, 3.8) is 0 Å². The van der Waals surface area contributed by atoms with Gasteiger partial charge in [-0.2, -0.15) is 4.31 Å². The monoisotopic (exact) mass is 495 g/mol. The highest BCUT2D eigenvalue weighted by Gasteiger charge is 2.40. The van der Waals surface area contributed by atoms with Gasteiger partial charge in [-0.05, 0) is 75.3 Å². The van der Waals surface area contributed by atoms with Crippen LogP contribution >= 0.6 is 0 Å². The molecule has 1 N–H and O–H groups in total. The van der Waals surface area contributed by atoms with Gasteiger partial charge in [0.1, 0.15) is 0 Å². The van der Waals surface area contributed by atoms with Crippen molar-refractivity contribution in [1.82, 2.24) is 9.62 Å². The van der Waals surface area contributed by atoms with Crippen LogP contribution in [0.3, 0.4) is 0 Å². The number of piperidine rings is 1. The van der Waals surface area contributed by atoms with Gasteiger partial charge in [0.25, 0.3) is 0 Å². The van der Waals surface area contributed by atoms with Crippen LogP contribution < -0.4 is 10.2 Å². The molecule has 2 fully saturated rings. The van der Waals surface area contributed by atoms with Crippen molar-refractivity contribution >= 4 is 27.5 Å². The maximum Gasteiger partial charge on any atom is 0.243 e. The first kappa shape index (κ1) is 24.0. The fraction of sp³-hybridized carbons (Fsp3) is 0.481. The van der Waals surface area contributed by atoms with E-state index in [1.165, 1.54) is 4.31 Å². The lowest BCUT2D eigenvalue weighted by Crippen LogP contribution is -2.45. The quantitative estimate of drug-likeness (QED) is 0.666. The minimum atomic E-state index is -3.73. The molecule has 2 aromatic carbocycles. The molecule has 0 spiro atoms. The topological polar surface area (TPSA) is 86.8 Å². The van der Waals surface area contributed by atoms with E-state index in [1.54, 1.807) is 18.2 Å². The number of amides is 2. The van der Waals surface area contributed by atoms with Gasteiger partial charge in [-0.3, -0.25) is 9.59 Å². The average molecular weight is 496 g/mol. The lowest BCUT2D eigenvalue weighted by molar-refractivity contribution is -0.126. The molecule has 1 saturated heterocycles. The Balaban J connectivity index is 1.27. The molecule has 5 rings (SSSR count). The van der Waals surface area contributed by atoms with Gasteiger partial charge in [0.15, 0.2) is 0 Å². The standard InChI is InChI=1S/C27H33N3O4S/c1-18-5-7-20(8-6-18)16-28-26(31)22-4-3-13-29(17-22)35(33,34)24-11-12-25-23(15-24)14-19(2)30(25)27(32)21-9-10-21/h5-8,11-12,15,19,21-22H,3-4,9-10,13-14,16-17H2,1-2H3,(H,28,31)/t19-,22-/m0/s1. The number of nitrogens with one attached hydrogen (secondary N) is 1. The van der Waals surface area contributed by atoms with Crippen molar-refractivity contribution in [3.8, 4) is 0 Å². The van der Waals surface area contributed by atoms with Crippen LogP contribution in [0.25, 0.3) is 0 Å². The van der Waals surface area contributed by atoms with Gasteiger partial charge in [0.2, 0.25) is 21.8 Å². The predicted molar refractivity (Wildman–Crippen MR) is 134 cm³/mol. The minimum absolute atomic E-state index is 0.0349. The maximum absolute atomic E-state index is 13.5.